The van der Waals surface area contributed by atoms with Crippen LogP contribution >= 0.6 is 11.3 Å². The summed E-state index contributed by atoms with van der Waals surface area (Å²) >= 11 is 1.83. The van der Waals surface area contributed by atoms with Crippen LogP contribution in [0, 0.1) is 5.41 Å². The molecule has 1 aromatic rings. The van der Waals surface area contributed by atoms with E-state index < -0.39 is 0 Å². The van der Waals surface area contributed by atoms with Crippen molar-refractivity contribution in [1.82, 2.24) is 10.2 Å². The third kappa shape index (κ3) is 6.63. The van der Waals surface area contributed by atoms with Crippen molar-refractivity contribution in [1.29, 1.82) is 0 Å². The molecule has 25 heavy (non-hydrogen) atoms. The molecule has 5 heteroatoms. The molecule has 2 rings (SSSR count). The predicted molar refractivity (Wildman–Crippen MR) is 109 cm³/mol. The highest BCUT2D eigenvalue weighted by Crippen LogP contribution is 2.41. The average molecular weight is 366 g/mol. The standard InChI is InChI=1S/C20H35N3OS/c1-4-21-19(23(3)14-10-18-9-8-16-25-18)22-17-20(11-6-7-12-20)13-15-24-5-2/h8-9,16H,4-7,10-15,17H2,1-3H3,(H,21,22). The van der Waals surface area contributed by atoms with E-state index >= 15 is 0 Å². The number of nitrogens with one attached hydrogen (secondary N) is 1. The lowest BCUT2D eigenvalue weighted by Crippen LogP contribution is -2.40. The quantitative estimate of drug-likeness (QED) is 0.384. The van der Waals surface area contributed by atoms with E-state index in [0.29, 0.717) is 5.41 Å². The SMILES string of the molecule is CCNC(=NCC1(CCOCC)CCCC1)N(C)CCc1cccs1. The molecule has 0 radical (unpaired) electrons. The van der Waals surface area contributed by atoms with Crippen molar-refractivity contribution >= 4 is 17.3 Å². The zero-order valence-electron chi connectivity index (χ0n) is 16.2. The Morgan fingerprint density at radius 2 is 2.16 bits per heavy atom. The topological polar surface area (TPSA) is 36.9 Å². The van der Waals surface area contributed by atoms with Crippen molar-refractivity contribution in [2.75, 3.05) is 39.9 Å². The lowest BCUT2D eigenvalue weighted by molar-refractivity contribution is 0.107. The van der Waals surface area contributed by atoms with Gasteiger partial charge in [0.05, 0.1) is 0 Å². The molecule has 1 aliphatic rings. The Hall–Kier alpha value is -1.07. The molecule has 1 saturated carbocycles. The van der Waals surface area contributed by atoms with Gasteiger partial charge < -0.3 is 15.0 Å². The van der Waals surface area contributed by atoms with Crippen molar-refractivity contribution in [2.24, 2.45) is 10.4 Å². The maximum Gasteiger partial charge on any atom is 0.193 e. The molecule has 1 N–H and O–H groups in total. The molecule has 0 bridgehead atoms. The van der Waals surface area contributed by atoms with Gasteiger partial charge in [-0.15, -0.1) is 11.3 Å². The molecule has 0 amide bonds. The van der Waals surface area contributed by atoms with Crippen molar-refractivity contribution < 1.29 is 4.74 Å². The zero-order chi connectivity index (χ0) is 18.0. The number of aliphatic imine (C=N–C) groups is 1. The number of ether oxygens (including phenoxy) is 1. The van der Waals surface area contributed by atoms with Crippen LogP contribution in [0.2, 0.25) is 0 Å². The van der Waals surface area contributed by atoms with Gasteiger partial charge >= 0.3 is 0 Å². The Balaban J connectivity index is 1.93. The number of rotatable bonds is 10. The normalized spacial score (nSPS) is 17.0. The van der Waals surface area contributed by atoms with E-state index in [2.05, 4.69) is 48.6 Å². The van der Waals surface area contributed by atoms with Gasteiger partial charge in [0.2, 0.25) is 0 Å². The third-order valence-electron chi connectivity index (χ3n) is 5.18. The second-order valence-corrected chi connectivity index (χ2v) is 8.11. The van der Waals surface area contributed by atoms with Gasteiger partial charge in [-0.25, -0.2) is 0 Å². The van der Waals surface area contributed by atoms with E-state index in [1.54, 1.807) is 0 Å². The van der Waals surface area contributed by atoms with E-state index in [1.807, 2.05) is 11.3 Å². The molecule has 0 aliphatic heterocycles. The third-order valence-corrected chi connectivity index (χ3v) is 6.12. The number of guanidine groups is 1. The van der Waals surface area contributed by atoms with Gasteiger partial charge in [-0.1, -0.05) is 18.9 Å². The fraction of sp³-hybridized carbons (Fsp3) is 0.750. The summed E-state index contributed by atoms with van der Waals surface area (Å²) in [7, 11) is 2.15. The lowest BCUT2D eigenvalue weighted by Gasteiger charge is -2.29. The molecular formula is C20H35N3OS. The molecule has 0 saturated heterocycles. The second-order valence-electron chi connectivity index (χ2n) is 7.08. The van der Waals surface area contributed by atoms with E-state index in [9.17, 15) is 0 Å². The first-order valence-electron chi connectivity index (χ1n) is 9.78. The lowest BCUT2D eigenvalue weighted by atomic mass is 9.83. The van der Waals surface area contributed by atoms with Gasteiger partial charge in [-0.05, 0) is 56.4 Å². The first-order valence-corrected chi connectivity index (χ1v) is 10.7. The van der Waals surface area contributed by atoms with Crippen molar-refractivity contribution in [3.63, 3.8) is 0 Å². The monoisotopic (exact) mass is 365 g/mol. The number of hydrogen-bond acceptors (Lipinski definition) is 3. The number of nitrogens with zero attached hydrogens (tertiary/aromatic N) is 2. The summed E-state index contributed by atoms with van der Waals surface area (Å²) in [4.78, 5) is 8.73. The summed E-state index contributed by atoms with van der Waals surface area (Å²) < 4.78 is 5.63. The van der Waals surface area contributed by atoms with Crippen LogP contribution in [-0.4, -0.2) is 50.8 Å². The van der Waals surface area contributed by atoms with Crippen LogP contribution in [0.3, 0.4) is 0 Å². The van der Waals surface area contributed by atoms with Crippen molar-refractivity contribution in [3.05, 3.63) is 22.4 Å². The Morgan fingerprint density at radius 3 is 2.80 bits per heavy atom. The Labute approximate surface area is 157 Å². The minimum absolute atomic E-state index is 0.352. The van der Waals surface area contributed by atoms with Crippen molar-refractivity contribution in [2.45, 2.75) is 52.4 Å². The fourth-order valence-corrected chi connectivity index (χ4v) is 4.29. The molecule has 0 atom stereocenters. The van der Waals surface area contributed by atoms with Crippen LogP contribution in [-0.2, 0) is 11.2 Å². The summed E-state index contributed by atoms with van der Waals surface area (Å²) in [6, 6.07) is 4.34. The first-order chi connectivity index (χ1) is 12.2. The van der Waals surface area contributed by atoms with Crippen LogP contribution in [0.5, 0.6) is 0 Å². The van der Waals surface area contributed by atoms with Crippen LogP contribution in [0.4, 0.5) is 0 Å². The van der Waals surface area contributed by atoms with E-state index in [-0.39, 0.29) is 0 Å². The van der Waals surface area contributed by atoms with Gasteiger partial charge in [0.15, 0.2) is 5.96 Å². The summed E-state index contributed by atoms with van der Waals surface area (Å²) in [6.45, 7) is 8.73. The number of hydrogen-bond donors (Lipinski definition) is 1. The average Bonchev–Trinajstić information content (AvgIpc) is 3.29. The maximum absolute atomic E-state index is 5.63. The molecule has 1 heterocycles. The van der Waals surface area contributed by atoms with E-state index in [1.165, 1.54) is 30.6 Å². The Morgan fingerprint density at radius 1 is 1.36 bits per heavy atom. The molecular weight excluding hydrogens is 330 g/mol. The molecule has 1 aromatic heterocycles. The molecule has 0 unspecified atom stereocenters. The number of thiophene rings is 1. The highest BCUT2D eigenvalue weighted by molar-refractivity contribution is 7.09. The van der Waals surface area contributed by atoms with Gasteiger partial charge in [0, 0.05) is 44.8 Å². The van der Waals surface area contributed by atoms with Crippen LogP contribution in [0.25, 0.3) is 0 Å². The smallest absolute Gasteiger partial charge is 0.193 e. The first kappa shape index (κ1) is 20.2. The highest BCUT2D eigenvalue weighted by Gasteiger charge is 2.33. The molecule has 0 spiro atoms. The molecule has 1 aliphatic carbocycles. The van der Waals surface area contributed by atoms with Crippen molar-refractivity contribution in [3.8, 4) is 0 Å². The van der Waals surface area contributed by atoms with Crippen LogP contribution < -0.4 is 5.32 Å². The number of likely N-dealkylation sites (N-methyl/N-ethyl adjacent to an activating group) is 1. The van der Waals surface area contributed by atoms with E-state index in [0.717, 1.165) is 51.6 Å². The largest absolute Gasteiger partial charge is 0.382 e. The maximum atomic E-state index is 5.63. The minimum Gasteiger partial charge on any atom is -0.382 e. The minimum atomic E-state index is 0.352. The predicted octanol–water partition coefficient (Wildman–Crippen LogP) is 4.17. The molecule has 142 valence electrons. The summed E-state index contributed by atoms with van der Waals surface area (Å²) in [5.41, 5.74) is 0.352. The Bertz CT molecular complexity index is 495. The van der Waals surface area contributed by atoms with Crippen LogP contribution in [0.1, 0.15) is 50.8 Å². The van der Waals surface area contributed by atoms with Crippen LogP contribution in [0.15, 0.2) is 22.5 Å². The summed E-state index contributed by atoms with van der Waals surface area (Å²) in [6.07, 6.45) is 7.49. The summed E-state index contributed by atoms with van der Waals surface area (Å²) in [5, 5.41) is 5.62. The molecule has 1 fully saturated rings. The highest BCUT2D eigenvalue weighted by atomic mass is 32.1. The second kappa shape index (κ2) is 10.8. The van der Waals surface area contributed by atoms with E-state index in [4.69, 9.17) is 9.73 Å². The van der Waals surface area contributed by atoms with Gasteiger partial charge in [-0.3, -0.25) is 4.99 Å². The zero-order valence-corrected chi connectivity index (χ0v) is 17.0. The Kier molecular flexibility index (Phi) is 8.76. The fourth-order valence-electron chi connectivity index (χ4n) is 3.60. The summed E-state index contributed by atoms with van der Waals surface area (Å²) in [5.74, 6) is 1.04. The van der Waals surface area contributed by atoms with Gasteiger partial charge in [0.1, 0.15) is 0 Å². The molecule has 4 nitrogen and oxygen atoms in total. The van der Waals surface area contributed by atoms with Gasteiger partial charge in [0.25, 0.3) is 0 Å². The van der Waals surface area contributed by atoms with Gasteiger partial charge in [-0.2, -0.15) is 0 Å². The molecule has 0 aromatic carbocycles.